The molecule has 2 heterocycles. The first-order chi connectivity index (χ1) is 10.6. The number of carbonyl (C=O) groups is 1. The Balaban J connectivity index is 1.80. The Labute approximate surface area is 128 Å². The fraction of sp³-hybridized carbons (Fsp3) is 0.500. The zero-order valence-electron chi connectivity index (χ0n) is 12.7. The van der Waals surface area contributed by atoms with E-state index in [2.05, 4.69) is 0 Å². The van der Waals surface area contributed by atoms with Crippen LogP contribution in [0.3, 0.4) is 0 Å². The van der Waals surface area contributed by atoms with E-state index in [4.69, 9.17) is 5.11 Å². The van der Waals surface area contributed by atoms with E-state index in [0.717, 1.165) is 23.9 Å². The molecule has 3 rings (SSSR count). The molecule has 0 radical (unpaired) electrons. The zero-order valence-corrected chi connectivity index (χ0v) is 12.7. The van der Waals surface area contributed by atoms with Crippen LogP contribution >= 0.6 is 0 Å². The van der Waals surface area contributed by atoms with Gasteiger partial charge in [0, 0.05) is 26.7 Å². The normalized spacial score (nSPS) is 16.4. The maximum Gasteiger partial charge on any atom is 0.329 e. The standard InChI is InChI=1S/C16H21N3O3/c1-17-13-4-2-3-5-14(13)19(16(17)22)10-15(21)18-8-6-12(11-20)7-9-18/h2-5,12,20H,6-11H2,1H3. The lowest BCUT2D eigenvalue weighted by Crippen LogP contribution is -2.42. The summed E-state index contributed by atoms with van der Waals surface area (Å²) in [5.41, 5.74) is 1.45. The number of carbonyl (C=O) groups excluding carboxylic acids is 1. The molecule has 6 heteroatoms. The summed E-state index contributed by atoms with van der Waals surface area (Å²) in [5, 5.41) is 9.16. The van der Waals surface area contributed by atoms with Gasteiger partial charge in [-0.1, -0.05) is 12.1 Å². The van der Waals surface area contributed by atoms with Gasteiger partial charge in [0.15, 0.2) is 0 Å². The van der Waals surface area contributed by atoms with Crippen molar-refractivity contribution >= 4 is 16.9 Å². The lowest BCUT2D eigenvalue weighted by atomic mass is 9.98. The van der Waals surface area contributed by atoms with Crippen molar-refractivity contribution in [2.75, 3.05) is 19.7 Å². The molecule has 1 saturated heterocycles. The summed E-state index contributed by atoms with van der Waals surface area (Å²) in [6.45, 7) is 1.57. The highest BCUT2D eigenvalue weighted by Gasteiger charge is 2.23. The molecule has 118 valence electrons. The molecule has 0 saturated carbocycles. The summed E-state index contributed by atoms with van der Waals surface area (Å²) in [6.07, 6.45) is 1.65. The van der Waals surface area contributed by atoms with Crippen LogP contribution in [0.4, 0.5) is 0 Å². The van der Waals surface area contributed by atoms with Gasteiger partial charge in [-0.3, -0.25) is 13.9 Å². The van der Waals surface area contributed by atoms with Crippen molar-refractivity contribution in [3.05, 3.63) is 34.7 Å². The molecule has 1 amide bonds. The van der Waals surface area contributed by atoms with Gasteiger partial charge in [-0.25, -0.2) is 4.79 Å². The molecule has 1 fully saturated rings. The Hall–Kier alpha value is -2.08. The quantitative estimate of drug-likeness (QED) is 0.901. The minimum Gasteiger partial charge on any atom is -0.396 e. The minimum atomic E-state index is -0.167. The maximum atomic E-state index is 12.5. The molecule has 1 aromatic carbocycles. The van der Waals surface area contributed by atoms with Crippen molar-refractivity contribution in [3.8, 4) is 0 Å². The fourth-order valence-corrected chi connectivity index (χ4v) is 3.12. The molecule has 6 nitrogen and oxygen atoms in total. The molecule has 1 aliphatic heterocycles. The maximum absolute atomic E-state index is 12.5. The number of rotatable bonds is 3. The Morgan fingerprint density at radius 1 is 1.23 bits per heavy atom. The predicted molar refractivity (Wildman–Crippen MR) is 83.6 cm³/mol. The molecular formula is C16H21N3O3. The number of aliphatic hydroxyl groups excluding tert-OH is 1. The smallest absolute Gasteiger partial charge is 0.329 e. The summed E-state index contributed by atoms with van der Waals surface area (Å²) in [4.78, 5) is 26.6. The summed E-state index contributed by atoms with van der Waals surface area (Å²) in [5.74, 6) is 0.263. The van der Waals surface area contributed by atoms with E-state index in [-0.39, 0.29) is 24.7 Å². The first-order valence-corrected chi connectivity index (χ1v) is 7.64. The second kappa shape index (κ2) is 5.96. The number of benzene rings is 1. The summed E-state index contributed by atoms with van der Waals surface area (Å²) >= 11 is 0. The predicted octanol–water partition coefficient (Wildman–Crippen LogP) is 0.571. The average molecular weight is 303 g/mol. The molecule has 1 aliphatic rings. The number of likely N-dealkylation sites (tertiary alicyclic amines) is 1. The largest absolute Gasteiger partial charge is 0.396 e. The molecule has 0 bridgehead atoms. The number of hydrogen-bond acceptors (Lipinski definition) is 3. The van der Waals surface area contributed by atoms with Gasteiger partial charge < -0.3 is 10.0 Å². The third-order valence-corrected chi connectivity index (χ3v) is 4.57. The van der Waals surface area contributed by atoms with E-state index < -0.39 is 0 Å². The van der Waals surface area contributed by atoms with Gasteiger partial charge in [0.2, 0.25) is 5.91 Å². The molecule has 0 atom stereocenters. The number of para-hydroxylation sites is 2. The third-order valence-electron chi connectivity index (χ3n) is 4.57. The number of aryl methyl sites for hydroxylation is 1. The Kier molecular flexibility index (Phi) is 4.02. The first kappa shape index (κ1) is 14.8. The van der Waals surface area contributed by atoms with E-state index in [1.807, 2.05) is 24.3 Å². The highest BCUT2D eigenvalue weighted by molar-refractivity contribution is 5.81. The molecular weight excluding hydrogens is 282 g/mol. The minimum absolute atomic E-state index is 0.0326. The number of imidazole rings is 1. The Bertz CT molecular complexity index is 739. The van der Waals surface area contributed by atoms with E-state index in [1.54, 1.807) is 16.5 Å². The van der Waals surface area contributed by atoms with Crippen LogP contribution < -0.4 is 5.69 Å². The number of piperidine rings is 1. The molecule has 0 unspecified atom stereocenters. The van der Waals surface area contributed by atoms with Crippen LogP contribution in [-0.2, 0) is 18.4 Å². The third kappa shape index (κ3) is 2.54. The van der Waals surface area contributed by atoms with Gasteiger partial charge in [0.1, 0.15) is 6.54 Å². The highest BCUT2D eigenvalue weighted by Crippen LogP contribution is 2.17. The SMILES string of the molecule is Cn1c(=O)n(CC(=O)N2CCC(CO)CC2)c2ccccc21. The van der Waals surface area contributed by atoms with Crippen molar-refractivity contribution in [2.24, 2.45) is 13.0 Å². The summed E-state index contributed by atoms with van der Waals surface area (Å²) < 4.78 is 3.11. The van der Waals surface area contributed by atoms with Gasteiger partial charge in [0.05, 0.1) is 11.0 Å². The van der Waals surface area contributed by atoms with Gasteiger partial charge in [0.25, 0.3) is 0 Å². The number of amides is 1. The van der Waals surface area contributed by atoms with Crippen LogP contribution in [0.5, 0.6) is 0 Å². The average Bonchev–Trinajstić information content (AvgIpc) is 2.80. The summed E-state index contributed by atoms with van der Waals surface area (Å²) in [7, 11) is 1.72. The van der Waals surface area contributed by atoms with Crippen LogP contribution in [0.1, 0.15) is 12.8 Å². The number of nitrogens with zero attached hydrogens (tertiary/aromatic N) is 3. The van der Waals surface area contributed by atoms with E-state index in [0.29, 0.717) is 19.0 Å². The first-order valence-electron chi connectivity index (χ1n) is 7.64. The Morgan fingerprint density at radius 3 is 2.50 bits per heavy atom. The fourth-order valence-electron chi connectivity index (χ4n) is 3.12. The van der Waals surface area contributed by atoms with Crippen molar-refractivity contribution in [1.29, 1.82) is 0 Å². The zero-order chi connectivity index (χ0) is 15.7. The van der Waals surface area contributed by atoms with E-state index >= 15 is 0 Å². The molecule has 2 aromatic rings. The van der Waals surface area contributed by atoms with Gasteiger partial charge in [-0.05, 0) is 30.9 Å². The highest BCUT2D eigenvalue weighted by atomic mass is 16.3. The van der Waals surface area contributed by atoms with Crippen LogP contribution in [-0.4, -0.2) is 44.7 Å². The number of hydrogen-bond donors (Lipinski definition) is 1. The molecule has 0 spiro atoms. The van der Waals surface area contributed by atoms with Gasteiger partial charge >= 0.3 is 5.69 Å². The van der Waals surface area contributed by atoms with Gasteiger partial charge in [-0.2, -0.15) is 0 Å². The van der Waals surface area contributed by atoms with Crippen molar-refractivity contribution in [1.82, 2.24) is 14.0 Å². The second-order valence-corrected chi connectivity index (χ2v) is 5.92. The second-order valence-electron chi connectivity index (χ2n) is 5.92. The van der Waals surface area contributed by atoms with Crippen LogP contribution in [0, 0.1) is 5.92 Å². The lowest BCUT2D eigenvalue weighted by molar-refractivity contribution is -0.133. The molecule has 1 aromatic heterocycles. The van der Waals surface area contributed by atoms with E-state index in [1.165, 1.54) is 4.57 Å². The Morgan fingerprint density at radius 2 is 1.86 bits per heavy atom. The van der Waals surface area contributed by atoms with Crippen molar-refractivity contribution < 1.29 is 9.90 Å². The van der Waals surface area contributed by atoms with Crippen molar-refractivity contribution in [3.63, 3.8) is 0 Å². The molecule has 1 N–H and O–H groups in total. The van der Waals surface area contributed by atoms with Crippen LogP contribution in [0.2, 0.25) is 0 Å². The number of aromatic nitrogens is 2. The van der Waals surface area contributed by atoms with Crippen molar-refractivity contribution in [2.45, 2.75) is 19.4 Å². The molecule has 0 aliphatic carbocycles. The van der Waals surface area contributed by atoms with E-state index in [9.17, 15) is 9.59 Å². The summed E-state index contributed by atoms with van der Waals surface area (Å²) in [6, 6.07) is 7.50. The van der Waals surface area contributed by atoms with Crippen LogP contribution in [0.25, 0.3) is 11.0 Å². The molecule has 22 heavy (non-hydrogen) atoms. The topological polar surface area (TPSA) is 67.5 Å². The van der Waals surface area contributed by atoms with Gasteiger partial charge in [-0.15, -0.1) is 0 Å². The van der Waals surface area contributed by atoms with Crippen LogP contribution in [0.15, 0.2) is 29.1 Å². The monoisotopic (exact) mass is 303 g/mol. The number of aliphatic hydroxyl groups is 1. The lowest BCUT2D eigenvalue weighted by Gasteiger charge is -2.31. The number of fused-ring (bicyclic) bond motifs is 1.